The van der Waals surface area contributed by atoms with Crippen LogP contribution >= 0.6 is 0 Å². The molecule has 0 saturated carbocycles. The van der Waals surface area contributed by atoms with Crippen molar-refractivity contribution >= 4 is 5.71 Å². The summed E-state index contributed by atoms with van der Waals surface area (Å²) in [6, 6.07) is 0.205. The molecule has 14 heavy (non-hydrogen) atoms. The summed E-state index contributed by atoms with van der Waals surface area (Å²) in [4.78, 5) is 5.09. The minimum atomic E-state index is -0.246. The molecule has 0 aromatic rings. The third-order valence-corrected chi connectivity index (χ3v) is 1.98. The highest BCUT2D eigenvalue weighted by Crippen LogP contribution is 2.06. The van der Waals surface area contributed by atoms with E-state index in [-0.39, 0.29) is 12.1 Å². The monoisotopic (exact) mass is 196 g/mol. The zero-order valence-electron chi connectivity index (χ0n) is 8.58. The lowest BCUT2D eigenvalue weighted by Gasteiger charge is -2.07. The molecule has 0 aliphatic carbocycles. The van der Waals surface area contributed by atoms with Crippen LogP contribution in [-0.4, -0.2) is 36.1 Å². The molecular formula is C10H16N2O2. The van der Waals surface area contributed by atoms with Gasteiger partial charge in [-0.2, -0.15) is 0 Å². The van der Waals surface area contributed by atoms with Crippen molar-refractivity contribution in [1.82, 2.24) is 5.32 Å². The number of nitrogens with zero attached hydrogens (tertiary/aromatic N) is 1. The molecule has 2 N–H and O–H groups in total. The SMILES string of the molecule is CC#C/C(C)=N\OC[C@@H]1C[C@@H](O)CN1. The Kier molecular flexibility index (Phi) is 4.44. The Morgan fingerprint density at radius 2 is 2.50 bits per heavy atom. The van der Waals surface area contributed by atoms with Crippen LogP contribution in [0.25, 0.3) is 0 Å². The maximum atomic E-state index is 9.22. The predicted molar refractivity (Wildman–Crippen MR) is 54.9 cm³/mol. The maximum Gasteiger partial charge on any atom is 0.132 e. The maximum absolute atomic E-state index is 9.22. The van der Waals surface area contributed by atoms with Gasteiger partial charge in [-0.25, -0.2) is 0 Å². The third kappa shape index (κ3) is 3.77. The molecule has 1 aliphatic rings. The number of β-amino-alcohol motifs (C(OH)–C–C–N with tert-alkyl or cyclic N) is 1. The van der Waals surface area contributed by atoms with Gasteiger partial charge in [0, 0.05) is 12.6 Å². The van der Waals surface area contributed by atoms with Crippen LogP contribution in [0.4, 0.5) is 0 Å². The first-order valence-corrected chi connectivity index (χ1v) is 4.73. The van der Waals surface area contributed by atoms with Crippen molar-refractivity contribution in [2.45, 2.75) is 32.4 Å². The van der Waals surface area contributed by atoms with E-state index in [4.69, 9.17) is 4.84 Å². The van der Waals surface area contributed by atoms with E-state index < -0.39 is 0 Å². The van der Waals surface area contributed by atoms with E-state index in [0.29, 0.717) is 18.9 Å². The Bertz CT molecular complexity index is 265. The first-order chi connectivity index (χ1) is 6.72. The van der Waals surface area contributed by atoms with Crippen LogP contribution in [0.2, 0.25) is 0 Å². The second-order valence-electron chi connectivity index (χ2n) is 3.34. The summed E-state index contributed by atoms with van der Waals surface area (Å²) in [5, 5.41) is 16.2. The van der Waals surface area contributed by atoms with Crippen LogP contribution in [0.15, 0.2) is 5.16 Å². The van der Waals surface area contributed by atoms with E-state index in [1.807, 2.05) is 0 Å². The highest BCUT2D eigenvalue weighted by Gasteiger charge is 2.22. The largest absolute Gasteiger partial charge is 0.393 e. The quantitative estimate of drug-likeness (QED) is 0.383. The van der Waals surface area contributed by atoms with Crippen LogP contribution < -0.4 is 5.32 Å². The van der Waals surface area contributed by atoms with E-state index in [1.165, 1.54) is 0 Å². The number of rotatable bonds is 3. The van der Waals surface area contributed by atoms with Gasteiger partial charge in [0.15, 0.2) is 0 Å². The second kappa shape index (κ2) is 5.63. The van der Waals surface area contributed by atoms with E-state index in [0.717, 1.165) is 6.42 Å². The highest BCUT2D eigenvalue weighted by atomic mass is 16.6. The fraction of sp³-hybridized carbons (Fsp3) is 0.700. The average Bonchev–Trinajstić information content (AvgIpc) is 2.52. The van der Waals surface area contributed by atoms with Crippen molar-refractivity contribution in [2.75, 3.05) is 13.2 Å². The summed E-state index contributed by atoms with van der Waals surface area (Å²) in [6.45, 7) is 4.69. The van der Waals surface area contributed by atoms with E-state index in [2.05, 4.69) is 22.3 Å². The molecule has 1 rings (SSSR count). The normalized spacial score (nSPS) is 26.9. The summed E-state index contributed by atoms with van der Waals surface area (Å²) in [5.74, 6) is 5.52. The number of aliphatic hydroxyl groups is 1. The van der Waals surface area contributed by atoms with Gasteiger partial charge >= 0.3 is 0 Å². The number of hydrogen-bond acceptors (Lipinski definition) is 4. The van der Waals surface area contributed by atoms with E-state index >= 15 is 0 Å². The predicted octanol–water partition coefficient (Wildman–Crippen LogP) is 0.125. The molecule has 78 valence electrons. The topological polar surface area (TPSA) is 53.9 Å². The molecule has 1 aliphatic heterocycles. The zero-order valence-corrected chi connectivity index (χ0v) is 8.58. The number of nitrogens with one attached hydrogen (secondary N) is 1. The Labute approximate surface area is 84.3 Å². The van der Waals surface area contributed by atoms with Crippen molar-refractivity contribution in [3.8, 4) is 11.8 Å². The third-order valence-electron chi connectivity index (χ3n) is 1.98. The van der Waals surface area contributed by atoms with Crippen LogP contribution in [-0.2, 0) is 4.84 Å². The molecule has 1 saturated heterocycles. The summed E-state index contributed by atoms with van der Waals surface area (Å²) in [7, 11) is 0. The molecule has 4 heteroatoms. The standard InChI is InChI=1S/C10H16N2O2/c1-3-4-8(2)12-14-7-9-5-10(13)6-11-9/h9-11,13H,5-7H2,1-2H3/b12-8-/t9-,10+/m0/s1. The van der Waals surface area contributed by atoms with Gasteiger partial charge in [0.2, 0.25) is 0 Å². The first kappa shape index (κ1) is 11.0. The van der Waals surface area contributed by atoms with Gasteiger partial charge in [0.05, 0.1) is 6.10 Å². The fourth-order valence-corrected chi connectivity index (χ4v) is 1.35. The minimum absolute atomic E-state index is 0.205. The van der Waals surface area contributed by atoms with Crippen LogP contribution in [0, 0.1) is 11.8 Å². The second-order valence-corrected chi connectivity index (χ2v) is 3.34. The van der Waals surface area contributed by atoms with Crippen LogP contribution in [0.5, 0.6) is 0 Å². The van der Waals surface area contributed by atoms with Gasteiger partial charge in [-0.15, -0.1) is 0 Å². The van der Waals surface area contributed by atoms with Gasteiger partial charge in [-0.1, -0.05) is 11.1 Å². The molecule has 0 amide bonds. The molecule has 0 bridgehead atoms. The Hall–Kier alpha value is -1.05. The lowest BCUT2D eigenvalue weighted by molar-refractivity contribution is 0.119. The van der Waals surface area contributed by atoms with E-state index in [9.17, 15) is 5.11 Å². The van der Waals surface area contributed by atoms with Crippen molar-refractivity contribution in [3.63, 3.8) is 0 Å². The van der Waals surface area contributed by atoms with Crippen molar-refractivity contribution < 1.29 is 9.94 Å². The highest BCUT2D eigenvalue weighted by molar-refractivity contribution is 5.97. The molecule has 0 aromatic heterocycles. The van der Waals surface area contributed by atoms with Crippen molar-refractivity contribution in [3.05, 3.63) is 0 Å². The number of hydrogen-bond donors (Lipinski definition) is 2. The Morgan fingerprint density at radius 3 is 3.07 bits per heavy atom. The number of aliphatic hydroxyl groups excluding tert-OH is 1. The molecule has 0 unspecified atom stereocenters. The average molecular weight is 196 g/mol. The molecule has 1 heterocycles. The molecule has 0 radical (unpaired) electrons. The lowest BCUT2D eigenvalue weighted by Crippen LogP contribution is -2.26. The fourth-order valence-electron chi connectivity index (χ4n) is 1.35. The Balaban J connectivity index is 2.20. The van der Waals surface area contributed by atoms with Gasteiger partial charge in [-0.3, -0.25) is 0 Å². The van der Waals surface area contributed by atoms with Crippen molar-refractivity contribution in [2.24, 2.45) is 5.16 Å². The van der Waals surface area contributed by atoms with Gasteiger partial charge in [0.25, 0.3) is 0 Å². The molecular weight excluding hydrogens is 180 g/mol. The van der Waals surface area contributed by atoms with Gasteiger partial charge in [-0.05, 0) is 26.2 Å². The Morgan fingerprint density at radius 1 is 1.71 bits per heavy atom. The van der Waals surface area contributed by atoms with Crippen LogP contribution in [0.3, 0.4) is 0 Å². The molecule has 1 fully saturated rings. The van der Waals surface area contributed by atoms with E-state index in [1.54, 1.807) is 13.8 Å². The summed E-state index contributed by atoms with van der Waals surface area (Å²) in [5.41, 5.74) is 0.672. The minimum Gasteiger partial charge on any atom is -0.393 e. The molecule has 2 atom stereocenters. The number of oxime groups is 1. The van der Waals surface area contributed by atoms with Crippen molar-refractivity contribution in [1.29, 1.82) is 0 Å². The van der Waals surface area contributed by atoms with Gasteiger partial charge in [0.1, 0.15) is 12.3 Å². The molecule has 0 aromatic carbocycles. The summed E-state index contributed by atoms with van der Waals surface area (Å²) >= 11 is 0. The summed E-state index contributed by atoms with van der Waals surface area (Å²) in [6.07, 6.45) is 0.484. The summed E-state index contributed by atoms with van der Waals surface area (Å²) < 4.78 is 0. The smallest absolute Gasteiger partial charge is 0.132 e. The lowest BCUT2D eigenvalue weighted by atomic mass is 10.2. The van der Waals surface area contributed by atoms with Gasteiger partial charge < -0.3 is 15.3 Å². The zero-order chi connectivity index (χ0) is 10.4. The molecule has 0 spiro atoms. The first-order valence-electron chi connectivity index (χ1n) is 4.73. The van der Waals surface area contributed by atoms with Crippen LogP contribution in [0.1, 0.15) is 20.3 Å². The molecule has 4 nitrogen and oxygen atoms in total.